The lowest BCUT2D eigenvalue weighted by molar-refractivity contribution is -0.130. The number of halogens is 1. The Bertz CT molecular complexity index is 1030. The van der Waals surface area contributed by atoms with Crippen LogP contribution in [0.25, 0.3) is 5.78 Å². The van der Waals surface area contributed by atoms with E-state index in [1.54, 1.807) is 25.6 Å². The number of aromatic nitrogens is 4. The van der Waals surface area contributed by atoms with Crippen molar-refractivity contribution < 1.29 is 9.53 Å². The van der Waals surface area contributed by atoms with Crippen molar-refractivity contribution in [2.24, 2.45) is 0 Å². The number of ether oxygens (including phenoxy) is 1. The quantitative estimate of drug-likeness (QED) is 0.637. The number of benzene rings is 1. The van der Waals surface area contributed by atoms with E-state index in [2.05, 4.69) is 33.1 Å². The molecule has 1 amide bonds. The topological polar surface area (TPSA) is 75.9 Å². The number of carbonyl (C=O) groups excluding carboxylic acids is 1. The number of carbonyl (C=O) groups is 1. The number of hydrogen-bond acceptors (Lipinski definition) is 6. The Balaban J connectivity index is 1.40. The lowest BCUT2D eigenvalue weighted by Crippen LogP contribution is -2.49. The van der Waals surface area contributed by atoms with Crippen LogP contribution in [0, 0.1) is 0 Å². The van der Waals surface area contributed by atoms with Gasteiger partial charge in [-0.2, -0.15) is 4.98 Å². The second-order valence-corrected chi connectivity index (χ2v) is 7.38. The van der Waals surface area contributed by atoms with Crippen LogP contribution in [0.15, 0.2) is 30.6 Å². The van der Waals surface area contributed by atoms with Gasteiger partial charge >= 0.3 is 0 Å². The smallest absolute Gasteiger partial charge is 0.256 e. The van der Waals surface area contributed by atoms with Crippen molar-refractivity contribution in [1.29, 1.82) is 0 Å². The van der Waals surface area contributed by atoms with E-state index in [9.17, 15) is 4.79 Å². The Hall–Kier alpha value is -2.87. The van der Waals surface area contributed by atoms with Crippen LogP contribution >= 0.6 is 11.6 Å². The van der Waals surface area contributed by atoms with Crippen molar-refractivity contribution in [3.8, 4) is 5.75 Å². The van der Waals surface area contributed by atoms with Gasteiger partial charge in [-0.15, -0.1) is 10.2 Å². The normalized spacial score (nSPS) is 14.4. The molecule has 0 radical (unpaired) electrons. The molecule has 0 atom stereocenters. The number of fused-ring (bicyclic) bond motifs is 1. The molecule has 1 saturated heterocycles. The molecular weight excluding hydrogens is 392 g/mol. The highest BCUT2D eigenvalue weighted by Crippen LogP contribution is 2.25. The number of aryl methyl sites for hydroxylation is 1. The van der Waals surface area contributed by atoms with E-state index < -0.39 is 0 Å². The van der Waals surface area contributed by atoms with Gasteiger partial charge in [0.2, 0.25) is 5.91 Å². The molecule has 0 aliphatic carbocycles. The SMILES string of the molecule is CCc1cc(N2CCN(C(=O)Cc3ccc(OC)c(Cl)c3)CC2)nc2nncn12. The van der Waals surface area contributed by atoms with Crippen LogP contribution in [0.4, 0.5) is 5.82 Å². The Morgan fingerprint density at radius 1 is 1.21 bits per heavy atom. The molecule has 1 aliphatic rings. The summed E-state index contributed by atoms with van der Waals surface area (Å²) in [7, 11) is 1.57. The summed E-state index contributed by atoms with van der Waals surface area (Å²) in [5, 5.41) is 8.55. The van der Waals surface area contributed by atoms with Crippen molar-refractivity contribution in [3.05, 3.63) is 46.9 Å². The maximum atomic E-state index is 12.7. The van der Waals surface area contributed by atoms with Crippen LogP contribution in [-0.4, -0.2) is 63.7 Å². The van der Waals surface area contributed by atoms with Gasteiger partial charge in [0.05, 0.1) is 18.6 Å². The first-order valence-electron chi connectivity index (χ1n) is 9.64. The minimum Gasteiger partial charge on any atom is -0.495 e. The number of rotatable bonds is 5. The molecule has 0 saturated carbocycles. The molecule has 4 rings (SSSR count). The summed E-state index contributed by atoms with van der Waals surface area (Å²) in [6.07, 6.45) is 2.88. The lowest BCUT2D eigenvalue weighted by atomic mass is 10.1. The van der Waals surface area contributed by atoms with Crippen molar-refractivity contribution in [2.75, 3.05) is 38.2 Å². The van der Waals surface area contributed by atoms with E-state index in [1.165, 1.54) is 0 Å². The molecule has 3 aromatic rings. The first-order chi connectivity index (χ1) is 14.1. The summed E-state index contributed by atoms with van der Waals surface area (Å²) < 4.78 is 7.07. The maximum Gasteiger partial charge on any atom is 0.256 e. The number of amides is 1. The molecule has 9 heteroatoms. The summed E-state index contributed by atoms with van der Waals surface area (Å²) in [5.74, 6) is 2.20. The molecule has 0 bridgehead atoms. The number of methoxy groups -OCH3 is 1. The van der Waals surface area contributed by atoms with E-state index in [0.717, 1.165) is 36.6 Å². The molecule has 152 valence electrons. The van der Waals surface area contributed by atoms with Crippen LogP contribution in [0.1, 0.15) is 18.2 Å². The highest BCUT2D eigenvalue weighted by atomic mass is 35.5. The fraction of sp³-hybridized carbons (Fsp3) is 0.400. The average molecular weight is 415 g/mol. The Morgan fingerprint density at radius 2 is 2.00 bits per heavy atom. The summed E-state index contributed by atoms with van der Waals surface area (Å²) in [5.41, 5.74) is 2.00. The molecule has 1 fully saturated rings. The third-order valence-corrected chi connectivity index (χ3v) is 5.53. The average Bonchev–Trinajstić information content (AvgIpc) is 3.22. The second-order valence-electron chi connectivity index (χ2n) is 6.97. The van der Waals surface area contributed by atoms with E-state index in [0.29, 0.717) is 36.1 Å². The molecule has 0 N–H and O–H groups in total. The molecule has 2 aromatic heterocycles. The van der Waals surface area contributed by atoms with Crippen molar-refractivity contribution >= 4 is 29.1 Å². The minimum atomic E-state index is 0.0981. The molecule has 0 spiro atoms. The summed E-state index contributed by atoms with van der Waals surface area (Å²) in [6.45, 7) is 4.87. The van der Waals surface area contributed by atoms with E-state index in [4.69, 9.17) is 16.3 Å². The molecule has 0 unspecified atom stereocenters. The molecular formula is C20H23ClN6O2. The van der Waals surface area contributed by atoms with Crippen LogP contribution in [0.5, 0.6) is 5.75 Å². The maximum absolute atomic E-state index is 12.7. The highest BCUT2D eigenvalue weighted by molar-refractivity contribution is 6.32. The fourth-order valence-corrected chi connectivity index (χ4v) is 3.87. The van der Waals surface area contributed by atoms with Crippen molar-refractivity contribution in [3.63, 3.8) is 0 Å². The predicted octanol–water partition coefficient (Wildman–Crippen LogP) is 2.24. The van der Waals surface area contributed by atoms with Crippen LogP contribution in [-0.2, 0) is 17.6 Å². The van der Waals surface area contributed by atoms with Crippen molar-refractivity contribution in [1.82, 2.24) is 24.5 Å². The van der Waals surface area contributed by atoms with E-state index in [-0.39, 0.29) is 5.91 Å². The fourth-order valence-electron chi connectivity index (χ4n) is 3.59. The van der Waals surface area contributed by atoms with Crippen LogP contribution in [0.3, 0.4) is 0 Å². The van der Waals surface area contributed by atoms with E-state index >= 15 is 0 Å². The third-order valence-electron chi connectivity index (χ3n) is 5.24. The first kappa shape index (κ1) is 19.4. The summed E-state index contributed by atoms with van der Waals surface area (Å²) >= 11 is 6.17. The number of nitrogens with zero attached hydrogens (tertiary/aromatic N) is 6. The molecule has 1 aliphatic heterocycles. The second kappa shape index (κ2) is 8.24. The number of anilines is 1. The molecule has 1 aromatic carbocycles. The zero-order chi connectivity index (χ0) is 20.4. The largest absolute Gasteiger partial charge is 0.495 e. The standard InChI is InChI=1S/C20H23ClN6O2/c1-3-15-12-18(23-20-24-22-13-27(15)20)25-6-8-26(9-7-25)19(28)11-14-4-5-17(29-2)16(21)10-14/h4-5,10,12-13H,3,6-9,11H2,1-2H3. The van der Waals surface area contributed by atoms with Gasteiger partial charge in [-0.25, -0.2) is 0 Å². The van der Waals surface area contributed by atoms with Gasteiger partial charge in [0.25, 0.3) is 5.78 Å². The van der Waals surface area contributed by atoms with Gasteiger partial charge in [0, 0.05) is 37.9 Å². The van der Waals surface area contributed by atoms with Gasteiger partial charge < -0.3 is 14.5 Å². The third kappa shape index (κ3) is 3.98. The summed E-state index contributed by atoms with van der Waals surface area (Å²) in [6, 6.07) is 7.54. The number of piperazine rings is 1. The Kier molecular flexibility index (Phi) is 5.53. The van der Waals surface area contributed by atoms with Gasteiger partial charge in [-0.3, -0.25) is 9.20 Å². The Labute approximate surface area is 174 Å². The van der Waals surface area contributed by atoms with Gasteiger partial charge in [0.1, 0.15) is 17.9 Å². The zero-order valence-corrected chi connectivity index (χ0v) is 17.3. The monoisotopic (exact) mass is 414 g/mol. The predicted molar refractivity (Wildman–Crippen MR) is 111 cm³/mol. The minimum absolute atomic E-state index is 0.0981. The first-order valence-corrected chi connectivity index (χ1v) is 10.0. The van der Waals surface area contributed by atoms with Crippen LogP contribution in [0.2, 0.25) is 5.02 Å². The van der Waals surface area contributed by atoms with E-state index in [1.807, 2.05) is 15.4 Å². The molecule has 8 nitrogen and oxygen atoms in total. The molecule has 3 heterocycles. The summed E-state index contributed by atoms with van der Waals surface area (Å²) in [4.78, 5) is 21.4. The van der Waals surface area contributed by atoms with Gasteiger partial charge in [-0.05, 0) is 24.1 Å². The van der Waals surface area contributed by atoms with Crippen LogP contribution < -0.4 is 9.64 Å². The van der Waals surface area contributed by atoms with Gasteiger partial charge in [-0.1, -0.05) is 24.6 Å². The van der Waals surface area contributed by atoms with Gasteiger partial charge in [0.15, 0.2) is 0 Å². The zero-order valence-electron chi connectivity index (χ0n) is 16.5. The Morgan fingerprint density at radius 3 is 2.69 bits per heavy atom. The lowest BCUT2D eigenvalue weighted by Gasteiger charge is -2.35. The highest BCUT2D eigenvalue weighted by Gasteiger charge is 2.23. The van der Waals surface area contributed by atoms with Crippen molar-refractivity contribution in [2.45, 2.75) is 19.8 Å². The number of hydrogen-bond donors (Lipinski definition) is 0. The molecule has 29 heavy (non-hydrogen) atoms.